The van der Waals surface area contributed by atoms with Crippen molar-refractivity contribution in [2.75, 3.05) is 0 Å². The van der Waals surface area contributed by atoms with Gasteiger partial charge in [-0.3, -0.25) is 0 Å². The van der Waals surface area contributed by atoms with E-state index in [1.54, 1.807) is 0 Å². The van der Waals surface area contributed by atoms with Crippen LogP contribution >= 0.6 is 0 Å². The zero-order valence-corrected chi connectivity index (χ0v) is 74.7. The van der Waals surface area contributed by atoms with Gasteiger partial charge in [0.1, 0.15) is 0 Å². The molecule has 0 aromatic heterocycles. The molecule has 0 fully saturated rings. The number of rotatable bonds is 9. The van der Waals surface area contributed by atoms with E-state index in [9.17, 15) is 0 Å². The highest BCUT2D eigenvalue weighted by Crippen LogP contribution is 2.50. The minimum absolute atomic E-state index is 1.26. The van der Waals surface area contributed by atoms with Crippen LogP contribution in [-0.2, 0) is 0 Å². The molecule has 27 aromatic carbocycles. The monoisotopic (exact) mass is 1680 g/mol. The van der Waals surface area contributed by atoms with Gasteiger partial charge in [-0.2, -0.15) is 0 Å². The first-order chi connectivity index (χ1) is 64.9. The van der Waals surface area contributed by atoms with Gasteiger partial charge in [-0.25, -0.2) is 0 Å². The molecule has 0 aliphatic rings. The number of fused-ring (bicyclic) bond motifs is 2. The van der Waals surface area contributed by atoms with Crippen molar-refractivity contribution >= 4 is 151 Å². The zero-order valence-electron chi connectivity index (χ0n) is 74.7. The van der Waals surface area contributed by atoms with Gasteiger partial charge in [0.2, 0.25) is 0 Å². The summed E-state index contributed by atoms with van der Waals surface area (Å²) in [5.74, 6) is 0. The van der Waals surface area contributed by atoms with Crippen molar-refractivity contribution in [3.8, 4) is 100 Å². The Kier molecular flexibility index (Phi) is 19.4. The summed E-state index contributed by atoms with van der Waals surface area (Å²) in [5.41, 5.74) is 31.0. The molecule has 0 heteroatoms. The van der Waals surface area contributed by atoms with Gasteiger partial charge in [-0.1, -0.05) is 453 Å². The predicted molar refractivity (Wildman–Crippen MR) is 573 cm³/mol. The van der Waals surface area contributed by atoms with Crippen molar-refractivity contribution < 1.29 is 0 Å². The van der Waals surface area contributed by atoms with E-state index < -0.39 is 0 Å². The van der Waals surface area contributed by atoms with Crippen LogP contribution in [0.25, 0.3) is 251 Å². The van der Waals surface area contributed by atoms with E-state index in [1.807, 2.05) is 0 Å². The lowest BCUT2D eigenvalue weighted by molar-refractivity contribution is 1.39. The maximum Gasteiger partial charge on any atom is -0.00203 e. The van der Waals surface area contributed by atoms with Gasteiger partial charge >= 0.3 is 0 Å². The molecular weight excluding hydrogens is 1590 g/mol. The molecule has 27 rings (SSSR count). The van der Waals surface area contributed by atoms with Crippen LogP contribution in [0.2, 0.25) is 0 Å². The molecule has 27 aromatic rings. The van der Waals surface area contributed by atoms with Gasteiger partial charge in [-0.05, 0) is 322 Å². The van der Waals surface area contributed by atoms with Crippen LogP contribution in [0.4, 0.5) is 0 Å². The quantitative estimate of drug-likeness (QED) is 0.126. The highest BCUT2D eigenvalue weighted by atomic mass is 14.3. The molecule has 0 amide bonds. The summed E-state index contributed by atoms with van der Waals surface area (Å²) in [6.07, 6.45) is 0. The van der Waals surface area contributed by atoms with E-state index in [4.69, 9.17) is 0 Å². The van der Waals surface area contributed by atoms with Crippen LogP contribution in [0.5, 0.6) is 0 Å². The van der Waals surface area contributed by atoms with Gasteiger partial charge < -0.3 is 0 Å². The zero-order chi connectivity index (χ0) is 88.3. The van der Waals surface area contributed by atoms with Crippen molar-refractivity contribution in [2.45, 2.75) is 41.5 Å². The fraction of sp³-hybridized carbons (Fsp3) is 0.0455. The maximum absolute atomic E-state index is 2.35. The molecule has 0 radical (unpaired) electrons. The lowest BCUT2D eigenvalue weighted by atomic mass is 9.86. The van der Waals surface area contributed by atoms with Crippen molar-refractivity contribution in [3.05, 3.63) is 482 Å². The smallest absolute Gasteiger partial charge is 0.00203 e. The van der Waals surface area contributed by atoms with Crippen LogP contribution < -0.4 is 0 Å². The molecule has 0 spiro atoms. The van der Waals surface area contributed by atoms with Crippen molar-refractivity contribution in [1.82, 2.24) is 0 Å². The molecule has 0 aliphatic heterocycles. The summed E-state index contributed by atoms with van der Waals surface area (Å²) in [4.78, 5) is 0. The Hall–Kier alpha value is -16.4. The lowest BCUT2D eigenvalue weighted by Crippen LogP contribution is -1.90. The third-order valence-corrected chi connectivity index (χ3v) is 28.1. The van der Waals surface area contributed by atoms with Gasteiger partial charge in [0.15, 0.2) is 0 Å². The SMILES string of the molecule is Cc1cc(C)cc(-c2ccc3ccc4c(-c5ccc6ccccc6c5)ccc5ccc2c3c54)c1.Cc1cc(C)cc(-c2ccc3ccc4c(-c5cccc6ccccc56)ccc5ccc2c3c54)c1.Cc1ccc(-c2ccc3ccc4c(-c5ccccc5)ccc5ccc2c3c54)cc1-c1ccccc1.Cc1ccc(-c2ccc3ccc4cccc5ccc2c3c45)cc1-c1ccccc1. The van der Waals surface area contributed by atoms with Gasteiger partial charge in [0, 0.05) is 0 Å². The second-order valence-corrected chi connectivity index (χ2v) is 36.4. The standard InChI is InChI=1S/C35H24.2C34H24.C29H20/c1-23-12-13-28(22-33(23)25-10-6-3-7-11-25)30-19-15-27-16-20-31-29(24-8-4-2-5-9-24)18-14-26-17-21-32(30)35(27)34(26)31;1-21-18-22(2)20-26(19-21)28-14-10-24-13-17-32-30(15-11-25-12-16-31(28)33(24)34(25)32)29-9-5-7-23-6-3-4-8-27(23)29;1-21-17-22(2)19-28(18-21)30-14-10-25-11-15-31-29(13-9-24-12-16-32(30)34(25)33(24)31)27-8-7-23-5-3-4-6-26(23)20-27;1-19-10-11-24(18-27(19)20-6-3-2-4-7-20)25-16-14-23-13-12-21-8-5-9-22-15-17-26(25)29(23)28(21)22/h2-22H,1H3;2*3-20H,1-2H3;2-18H,1H3. The maximum atomic E-state index is 2.35. The summed E-state index contributed by atoms with van der Waals surface area (Å²) >= 11 is 0. The van der Waals surface area contributed by atoms with Gasteiger partial charge in [-0.15, -0.1) is 0 Å². The van der Waals surface area contributed by atoms with E-state index >= 15 is 0 Å². The molecular formula is C132H92. The summed E-state index contributed by atoms with van der Waals surface area (Å²) < 4.78 is 0. The second-order valence-electron chi connectivity index (χ2n) is 36.4. The van der Waals surface area contributed by atoms with Crippen molar-refractivity contribution in [2.24, 2.45) is 0 Å². The Bertz CT molecular complexity index is 9120. The van der Waals surface area contributed by atoms with Gasteiger partial charge in [0.25, 0.3) is 0 Å². The number of hydrogen-bond acceptors (Lipinski definition) is 0. The summed E-state index contributed by atoms with van der Waals surface area (Å²) in [7, 11) is 0. The summed E-state index contributed by atoms with van der Waals surface area (Å²) in [6.45, 7) is 13.1. The number of aryl methyl sites for hydroxylation is 6. The normalized spacial score (nSPS) is 11.7. The predicted octanol–water partition coefficient (Wildman–Crippen LogP) is 37.5. The third kappa shape index (κ3) is 13.8. The lowest BCUT2D eigenvalue weighted by Gasteiger charge is -2.17. The molecule has 620 valence electrons. The first-order valence-electron chi connectivity index (χ1n) is 46.2. The Morgan fingerprint density at radius 1 is 0.106 bits per heavy atom. The average molecular weight is 1680 g/mol. The minimum atomic E-state index is 1.26. The van der Waals surface area contributed by atoms with Crippen molar-refractivity contribution in [1.29, 1.82) is 0 Å². The highest BCUT2D eigenvalue weighted by molar-refractivity contribution is 6.32. The van der Waals surface area contributed by atoms with E-state index in [1.165, 1.54) is 284 Å². The highest BCUT2D eigenvalue weighted by Gasteiger charge is 2.22. The molecule has 0 nitrogen and oxygen atoms in total. The largest absolute Gasteiger partial charge is 0.0622 e. The number of benzene rings is 27. The topological polar surface area (TPSA) is 0 Å². The first-order valence-corrected chi connectivity index (χ1v) is 46.2. The summed E-state index contributed by atoms with van der Waals surface area (Å²) in [6, 6.07) is 165. The molecule has 0 saturated carbocycles. The Morgan fingerprint density at radius 2 is 0.348 bits per heavy atom. The van der Waals surface area contributed by atoms with Crippen LogP contribution in [0.1, 0.15) is 33.4 Å². The minimum Gasteiger partial charge on any atom is -0.0622 e. The fourth-order valence-electron chi connectivity index (χ4n) is 22.0. The van der Waals surface area contributed by atoms with Crippen LogP contribution in [0.15, 0.2) is 449 Å². The van der Waals surface area contributed by atoms with Crippen molar-refractivity contribution in [3.63, 3.8) is 0 Å². The van der Waals surface area contributed by atoms with E-state index in [2.05, 4.69) is 490 Å². The van der Waals surface area contributed by atoms with Gasteiger partial charge in [0.05, 0.1) is 0 Å². The first kappa shape index (κ1) is 79.1. The average Bonchev–Trinajstić information content (AvgIpc) is 0.759. The van der Waals surface area contributed by atoms with Crippen LogP contribution in [-0.4, -0.2) is 0 Å². The molecule has 0 N–H and O–H groups in total. The Morgan fingerprint density at radius 3 is 0.742 bits per heavy atom. The molecule has 0 atom stereocenters. The molecule has 0 aliphatic carbocycles. The molecule has 0 unspecified atom stereocenters. The van der Waals surface area contributed by atoms with Crippen LogP contribution in [0, 0.1) is 41.5 Å². The molecule has 0 bridgehead atoms. The van der Waals surface area contributed by atoms with Crippen LogP contribution in [0.3, 0.4) is 0 Å². The third-order valence-electron chi connectivity index (χ3n) is 28.1. The summed E-state index contributed by atoms with van der Waals surface area (Å²) in [5, 5.41) is 37.1. The Labute approximate surface area is 769 Å². The molecule has 0 heterocycles. The fourth-order valence-corrected chi connectivity index (χ4v) is 22.0. The second kappa shape index (κ2) is 32.4. The Balaban J connectivity index is 0.0000000973. The van der Waals surface area contributed by atoms with E-state index in [-0.39, 0.29) is 0 Å². The number of hydrogen-bond donors (Lipinski definition) is 0. The van der Waals surface area contributed by atoms with E-state index in [0.717, 1.165) is 0 Å². The molecule has 132 heavy (non-hydrogen) atoms. The van der Waals surface area contributed by atoms with E-state index in [0.29, 0.717) is 0 Å². The molecule has 0 saturated heterocycles.